The molecule has 8 nitrogen and oxygen atoms in total. The number of halogens is 1. The molecule has 1 fully saturated rings. The number of hydrogen-bond donors (Lipinski definition) is 2. The lowest BCUT2D eigenvalue weighted by atomic mass is 10.2. The summed E-state index contributed by atoms with van der Waals surface area (Å²) in [5.74, 6) is 2.64. The molecule has 1 saturated heterocycles. The Hall–Kier alpha value is -2.27. The number of anilines is 2. The summed E-state index contributed by atoms with van der Waals surface area (Å²) in [7, 11) is 3.20. The molecule has 9 heteroatoms. The number of nitrogens with zero attached hydrogens (tertiary/aromatic N) is 4. The van der Waals surface area contributed by atoms with Gasteiger partial charge in [0.05, 0.1) is 20.8 Å². The molecule has 164 valence electrons. The monoisotopic (exact) mass is 526 g/mol. The van der Waals surface area contributed by atoms with Gasteiger partial charge in [-0.25, -0.2) is 9.98 Å². The summed E-state index contributed by atoms with van der Waals surface area (Å²) in [4.78, 5) is 13.8. The number of nitrogens with one attached hydrogen (secondary N) is 1. The number of pyridine rings is 1. The first kappa shape index (κ1) is 24.0. The smallest absolute Gasteiger partial charge is 0.193 e. The van der Waals surface area contributed by atoms with Crippen LogP contribution in [0.1, 0.15) is 12.5 Å². The predicted molar refractivity (Wildman–Crippen MR) is 132 cm³/mol. The van der Waals surface area contributed by atoms with Gasteiger partial charge in [0.1, 0.15) is 5.82 Å². The maximum Gasteiger partial charge on any atom is 0.193 e. The van der Waals surface area contributed by atoms with Crippen LogP contribution in [0.2, 0.25) is 0 Å². The molecule has 2 aromatic rings. The van der Waals surface area contributed by atoms with E-state index in [0.717, 1.165) is 49.8 Å². The Morgan fingerprint density at radius 3 is 2.43 bits per heavy atom. The van der Waals surface area contributed by atoms with Gasteiger partial charge in [-0.05, 0) is 30.3 Å². The number of aromatic nitrogens is 1. The summed E-state index contributed by atoms with van der Waals surface area (Å²) in [6.07, 6.45) is 1.87. The van der Waals surface area contributed by atoms with Crippen LogP contribution >= 0.6 is 24.0 Å². The molecule has 0 aliphatic carbocycles. The fourth-order valence-electron chi connectivity index (χ4n) is 3.27. The highest BCUT2D eigenvalue weighted by Gasteiger charge is 2.16. The lowest BCUT2D eigenvalue weighted by Crippen LogP contribution is -2.46. The van der Waals surface area contributed by atoms with Gasteiger partial charge in [0.2, 0.25) is 0 Å². The van der Waals surface area contributed by atoms with E-state index < -0.39 is 0 Å². The summed E-state index contributed by atoms with van der Waals surface area (Å²) >= 11 is 0. The quantitative estimate of drug-likeness (QED) is 0.326. The molecule has 0 amide bonds. The lowest BCUT2D eigenvalue weighted by molar-refractivity contribution is 0.270. The molecule has 1 aromatic heterocycles. The molecule has 0 bridgehead atoms. The second-order valence-electron chi connectivity index (χ2n) is 6.84. The van der Waals surface area contributed by atoms with Crippen molar-refractivity contribution in [2.75, 3.05) is 57.2 Å². The highest BCUT2D eigenvalue weighted by Crippen LogP contribution is 2.29. The largest absolute Gasteiger partial charge is 0.493 e. The number of methoxy groups -OCH3 is 2. The lowest BCUT2D eigenvalue weighted by Gasteiger charge is -2.34. The molecule has 0 unspecified atom stereocenters. The van der Waals surface area contributed by atoms with E-state index in [-0.39, 0.29) is 24.0 Å². The third-order valence-corrected chi connectivity index (χ3v) is 5.04. The zero-order chi connectivity index (χ0) is 20.6. The fraction of sp³-hybridized carbons (Fsp3) is 0.429. The third kappa shape index (κ3) is 6.36. The van der Waals surface area contributed by atoms with Gasteiger partial charge in [-0.1, -0.05) is 13.0 Å². The minimum Gasteiger partial charge on any atom is -0.493 e. The van der Waals surface area contributed by atoms with E-state index in [2.05, 4.69) is 44.1 Å². The van der Waals surface area contributed by atoms with Gasteiger partial charge in [0, 0.05) is 44.1 Å². The van der Waals surface area contributed by atoms with Gasteiger partial charge in [-0.2, -0.15) is 0 Å². The Labute approximate surface area is 195 Å². The molecule has 0 spiro atoms. The first-order valence-electron chi connectivity index (χ1n) is 9.84. The molecule has 30 heavy (non-hydrogen) atoms. The number of rotatable bonds is 7. The van der Waals surface area contributed by atoms with E-state index in [0.29, 0.717) is 24.0 Å². The highest BCUT2D eigenvalue weighted by atomic mass is 127. The van der Waals surface area contributed by atoms with Crippen LogP contribution in [0.5, 0.6) is 11.5 Å². The van der Waals surface area contributed by atoms with Crippen molar-refractivity contribution in [2.24, 2.45) is 10.7 Å². The van der Waals surface area contributed by atoms with Crippen molar-refractivity contribution in [3.05, 3.63) is 42.1 Å². The van der Waals surface area contributed by atoms with Crippen molar-refractivity contribution in [1.29, 1.82) is 0 Å². The van der Waals surface area contributed by atoms with E-state index in [1.165, 1.54) is 0 Å². The van der Waals surface area contributed by atoms with Crippen LogP contribution in [0.15, 0.2) is 41.5 Å². The topological polar surface area (TPSA) is 88.2 Å². The Balaban J connectivity index is 0.00000320. The fourth-order valence-corrected chi connectivity index (χ4v) is 3.27. The van der Waals surface area contributed by atoms with Gasteiger partial charge in [-0.3, -0.25) is 0 Å². The Morgan fingerprint density at radius 2 is 1.83 bits per heavy atom. The first-order valence-corrected chi connectivity index (χ1v) is 9.84. The minimum absolute atomic E-state index is 0. The highest BCUT2D eigenvalue weighted by molar-refractivity contribution is 14.0. The van der Waals surface area contributed by atoms with Crippen LogP contribution in [0.3, 0.4) is 0 Å². The summed E-state index contributed by atoms with van der Waals surface area (Å²) in [5.41, 5.74) is 7.82. The Kier molecular flexibility index (Phi) is 9.44. The summed E-state index contributed by atoms with van der Waals surface area (Å²) in [5, 5.41) is 3.07. The van der Waals surface area contributed by atoms with Gasteiger partial charge in [-0.15, -0.1) is 24.0 Å². The van der Waals surface area contributed by atoms with Crippen molar-refractivity contribution in [1.82, 2.24) is 9.88 Å². The van der Waals surface area contributed by atoms with E-state index >= 15 is 0 Å². The zero-order valence-electron chi connectivity index (χ0n) is 17.8. The second-order valence-corrected chi connectivity index (χ2v) is 6.84. The molecule has 0 atom stereocenters. The summed E-state index contributed by atoms with van der Waals surface area (Å²) in [6.45, 7) is 7.97. The predicted octanol–water partition coefficient (Wildman–Crippen LogP) is 2.79. The van der Waals surface area contributed by atoms with Crippen molar-refractivity contribution < 1.29 is 9.47 Å². The summed E-state index contributed by atoms with van der Waals surface area (Å²) in [6, 6.07) is 9.61. The summed E-state index contributed by atoms with van der Waals surface area (Å²) < 4.78 is 10.5. The number of ether oxygens (including phenoxy) is 2. The average molecular weight is 526 g/mol. The average Bonchev–Trinajstić information content (AvgIpc) is 2.78. The van der Waals surface area contributed by atoms with E-state index in [4.69, 9.17) is 15.2 Å². The van der Waals surface area contributed by atoms with Gasteiger partial charge >= 0.3 is 0 Å². The van der Waals surface area contributed by atoms with Crippen LogP contribution in [0, 0.1) is 0 Å². The van der Waals surface area contributed by atoms with Crippen molar-refractivity contribution in [3.63, 3.8) is 0 Å². The number of likely N-dealkylation sites (N-methyl/N-ethyl adjacent to an activating group) is 1. The Morgan fingerprint density at radius 1 is 1.10 bits per heavy atom. The van der Waals surface area contributed by atoms with Crippen LogP contribution in [-0.2, 0) is 6.54 Å². The molecule has 1 aromatic carbocycles. The number of guanidine groups is 1. The molecular weight excluding hydrogens is 495 g/mol. The molecule has 1 aliphatic heterocycles. The number of aliphatic imine (C=N–C) groups is 1. The van der Waals surface area contributed by atoms with Crippen LogP contribution in [-0.4, -0.2) is 62.8 Å². The van der Waals surface area contributed by atoms with Crippen molar-refractivity contribution in [2.45, 2.75) is 13.5 Å². The molecule has 2 heterocycles. The van der Waals surface area contributed by atoms with Gasteiger partial charge in [0.25, 0.3) is 0 Å². The number of nitrogens with two attached hydrogens (primary N) is 1. The van der Waals surface area contributed by atoms with Crippen LogP contribution in [0.25, 0.3) is 0 Å². The van der Waals surface area contributed by atoms with Gasteiger partial charge in [0.15, 0.2) is 17.5 Å². The molecule has 3 rings (SSSR count). The van der Waals surface area contributed by atoms with E-state index in [9.17, 15) is 0 Å². The molecule has 0 saturated carbocycles. The number of piperazine rings is 1. The van der Waals surface area contributed by atoms with Crippen LogP contribution < -0.4 is 25.4 Å². The van der Waals surface area contributed by atoms with Crippen molar-refractivity contribution >= 4 is 41.4 Å². The standard InChI is InChI=1S/C21H30N6O2.HI/c1-4-26-9-11-27(12-10-26)20-8-5-16(14-23-20)15-24-21(22)25-17-6-7-18(28-2)19(13-17)29-3;/h5-8,13-14H,4,9-12,15H2,1-3H3,(H3,22,24,25);1H. The first-order chi connectivity index (χ1) is 14.1. The van der Waals surface area contributed by atoms with E-state index in [1.54, 1.807) is 14.2 Å². The normalized spacial score (nSPS) is 14.8. The molecule has 3 N–H and O–H groups in total. The molecule has 0 radical (unpaired) electrons. The van der Waals surface area contributed by atoms with Crippen molar-refractivity contribution in [3.8, 4) is 11.5 Å². The maximum atomic E-state index is 6.02. The van der Waals surface area contributed by atoms with Gasteiger partial charge < -0.3 is 30.3 Å². The maximum absolute atomic E-state index is 6.02. The van der Waals surface area contributed by atoms with E-state index in [1.807, 2.05) is 24.4 Å². The van der Waals surface area contributed by atoms with Crippen LogP contribution in [0.4, 0.5) is 11.5 Å². The number of hydrogen-bond acceptors (Lipinski definition) is 6. The SMILES string of the molecule is CCN1CCN(c2ccc(CN=C(N)Nc3ccc(OC)c(OC)c3)cn2)CC1.I. The third-order valence-electron chi connectivity index (χ3n) is 5.04. The molecular formula is C21H31IN6O2. The Bertz CT molecular complexity index is 823. The molecule has 1 aliphatic rings. The zero-order valence-corrected chi connectivity index (χ0v) is 20.1. The minimum atomic E-state index is 0. The number of benzene rings is 1. The second kappa shape index (κ2) is 11.8.